The SMILES string of the molecule is CNc1cccnc1S(=O)(=O)N(C)Cc1ccc(F)cc1. The maximum Gasteiger partial charge on any atom is 0.262 e. The molecule has 2 rings (SSSR count). The second kappa shape index (κ2) is 6.19. The lowest BCUT2D eigenvalue weighted by atomic mass is 10.2. The Bertz CT molecular complexity index is 717. The first kappa shape index (κ1) is 15.4. The molecule has 112 valence electrons. The third kappa shape index (κ3) is 3.37. The van der Waals surface area contributed by atoms with Gasteiger partial charge in [-0.2, -0.15) is 4.31 Å². The lowest BCUT2D eigenvalue weighted by molar-refractivity contribution is 0.464. The predicted octanol–water partition coefficient (Wildman–Crippen LogP) is 2.08. The van der Waals surface area contributed by atoms with Crippen molar-refractivity contribution >= 4 is 15.7 Å². The minimum atomic E-state index is -3.72. The zero-order chi connectivity index (χ0) is 15.5. The smallest absolute Gasteiger partial charge is 0.262 e. The Balaban J connectivity index is 2.28. The molecule has 21 heavy (non-hydrogen) atoms. The average Bonchev–Trinajstić information content (AvgIpc) is 2.49. The normalized spacial score (nSPS) is 11.6. The Kier molecular flexibility index (Phi) is 4.54. The van der Waals surface area contributed by atoms with Crippen LogP contribution >= 0.6 is 0 Å². The molecule has 0 aliphatic carbocycles. The molecule has 1 N–H and O–H groups in total. The predicted molar refractivity (Wildman–Crippen MR) is 78.8 cm³/mol. The van der Waals surface area contributed by atoms with Gasteiger partial charge in [0.2, 0.25) is 0 Å². The number of sulfonamides is 1. The summed E-state index contributed by atoms with van der Waals surface area (Å²) in [7, 11) is -0.624. The molecular formula is C14H16FN3O2S. The van der Waals surface area contributed by atoms with E-state index < -0.39 is 10.0 Å². The van der Waals surface area contributed by atoms with E-state index in [1.54, 1.807) is 31.3 Å². The minimum absolute atomic E-state index is 0.0305. The fourth-order valence-corrected chi connectivity index (χ4v) is 3.12. The van der Waals surface area contributed by atoms with Gasteiger partial charge in [0.05, 0.1) is 5.69 Å². The molecule has 5 nitrogen and oxygen atoms in total. The van der Waals surface area contributed by atoms with Gasteiger partial charge in [-0.25, -0.2) is 17.8 Å². The quantitative estimate of drug-likeness (QED) is 0.918. The molecule has 0 fully saturated rings. The van der Waals surface area contributed by atoms with Gasteiger partial charge >= 0.3 is 0 Å². The molecule has 0 saturated carbocycles. The van der Waals surface area contributed by atoms with E-state index in [2.05, 4.69) is 10.3 Å². The fourth-order valence-electron chi connectivity index (χ4n) is 1.87. The molecular weight excluding hydrogens is 293 g/mol. The molecule has 1 heterocycles. The lowest BCUT2D eigenvalue weighted by Gasteiger charge is -2.18. The summed E-state index contributed by atoms with van der Waals surface area (Å²) in [6, 6.07) is 9.01. The Labute approximate surface area is 123 Å². The molecule has 1 aromatic carbocycles. The van der Waals surface area contributed by atoms with E-state index in [4.69, 9.17) is 0 Å². The van der Waals surface area contributed by atoms with Gasteiger partial charge in [0, 0.05) is 26.8 Å². The fraction of sp³-hybridized carbons (Fsp3) is 0.214. The highest BCUT2D eigenvalue weighted by Crippen LogP contribution is 2.22. The van der Waals surface area contributed by atoms with Crippen LogP contribution in [0.4, 0.5) is 10.1 Å². The number of aromatic nitrogens is 1. The van der Waals surface area contributed by atoms with Crippen LogP contribution in [0.15, 0.2) is 47.6 Å². The van der Waals surface area contributed by atoms with E-state index in [0.717, 1.165) is 0 Å². The summed E-state index contributed by atoms with van der Waals surface area (Å²) in [6.45, 7) is 0.141. The molecule has 0 unspecified atom stereocenters. The first-order valence-electron chi connectivity index (χ1n) is 6.28. The Morgan fingerprint density at radius 1 is 1.24 bits per heavy atom. The van der Waals surface area contributed by atoms with Crippen LogP contribution in [0.3, 0.4) is 0 Å². The highest BCUT2D eigenvalue weighted by molar-refractivity contribution is 7.89. The topological polar surface area (TPSA) is 62.3 Å². The van der Waals surface area contributed by atoms with Crippen LogP contribution in [0.5, 0.6) is 0 Å². The Morgan fingerprint density at radius 3 is 2.52 bits per heavy atom. The van der Waals surface area contributed by atoms with Crippen LogP contribution in [-0.2, 0) is 16.6 Å². The number of hydrogen-bond donors (Lipinski definition) is 1. The number of pyridine rings is 1. The number of hydrogen-bond acceptors (Lipinski definition) is 4. The van der Waals surface area contributed by atoms with Crippen molar-refractivity contribution in [3.63, 3.8) is 0 Å². The van der Waals surface area contributed by atoms with Gasteiger partial charge < -0.3 is 5.32 Å². The highest BCUT2D eigenvalue weighted by atomic mass is 32.2. The van der Waals surface area contributed by atoms with E-state index in [1.165, 1.54) is 29.7 Å². The Morgan fingerprint density at radius 2 is 1.90 bits per heavy atom. The summed E-state index contributed by atoms with van der Waals surface area (Å²) < 4.78 is 39.1. The summed E-state index contributed by atoms with van der Waals surface area (Å²) in [5, 5.41) is 2.78. The molecule has 2 aromatic rings. The number of benzene rings is 1. The average molecular weight is 309 g/mol. The van der Waals surface area contributed by atoms with Crippen LogP contribution in [0.2, 0.25) is 0 Å². The molecule has 7 heteroatoms. The van der Waals surface area contributed by atoms with Gasteiger partial charge in [0.25, 0.3) is 10.0 Å². The molecule has 0 saturated heterocycles. The summed E-state index contributed by atoms with van der Waals surface area (Å²) >= 11 is 0. The number of anilines is 1. The van der Waals surface area contributed by atoms with Crippen molar-refractivity contribution < 1.29 is 12.8 Å². The van der Waals surface area contributed by atoms with Gasteiger partial charge in [-0.1, -0.05) is 12.1 Å². The van der Waals surface area contributed by atoms with Crippen LogP contribution in [0.25, 0.3) is 0 Å². The van der Waals surface area contributed by atoms with E-state index >= 15 is 0 Å². The third-order valence-electron chi connectivity index (χ3n) is 3.01. The van der Waals surface area contributed by atoms with Gasteiger partial charge in [-0.05, 0) is 29.8 Å². The minimum Gasteiger partial charge on any atom is -0.386 e. The maximum atomic E-state index is 12.9. The van der Waals surface area contributed by atoms with Crippen molar-refractivity contribution in [3.8, 4) is 0 Å². The lowest BCUT2D eigenvalue weighted by Crippen LogP contribution is -2.28. The molecule has 0 atom stereocenters. The maximum absolute atomic E-state index is 12.9. The number of rotatable bonds is 5. The zero-order valence-electron chi connectivity index (χ0n) is 11.7. The van der Waals surface area contributed by atoms with E-state index in [9.17, 15) is 12.8 Å². The standard InChI is InChI=1S/C14H16FN3O2S/c1-16-13-4-3-9-17-14(13)21(19,20)18(2)10-11-5-7-12(15)8-6-11/h3-9,16H,10H2,1-2H3. The molecule has 0 bridgehead atoms. The van der Waals surface area contributed by atoms with Crippen molar-refractivity contribution in [3.05, 3.63) is 54.0 Å². The van der Waals surface area contributed by atoms with Crippen molar-refractivity contribution in [1.82, 2.24) is 9.29 Å². The molecule has 0 spiro atoms. The molecule has 0 aliphatic rings. The third-order valence-corrected chi connectivity index (χ3v) is 4.78. The second-order valence-corrected chi connectivity index (χ2v) is 6.45. The number of nitrogens with zero attached hydrogens (tertiary/aromatic N) is 2. The van der Waals surface area contributed by atoms with E-state index in [1.807, 2.05) is 0 Å². The molecule has 0 radical (unpaired) electrons. The molecule has 1 aromatic heterocycles. The Hall–Kier alpha value is -1.99. The molecule has 0 aliphatic heterocycles. The van der Waals surface area contributed by atoms with Gasteiger partial charge in [-0.3, -0.25) is 0 Å². The summed E-state index contributed by atoms with van der Waals surface area (Å²) in [5.41, 5.74) is 1.13. The van der Waals surface area contributed by atoms with Crippen molar-refractivity contribution in [2.24, 2.45) is 0 Å². The molecule has 0 amide bonds. The number of halogens is 1. The van der Waals surface area contributed by atoms with Gasteiger partial charge in [0.15, 0.2) is 5.03 Å². The zero-order valence-corrected chi connectivity index (χ0v) is 12.6. The monoisotopic (exact) mass is 309 g/mol. The van der Waals surface area contributed by atoms with E-state index in [-0.39, 0.29) is 17.4 Å². The van der Waals surface area contributed by atoms with Crippen LogP contribution in [0, 0.1) is 5.82 Å². The van der Waals surface area contributed by atoms with Crippen molar-refractivity contribution in [1.29, 1.82) is 0 Å². The first-order valence-corrected chi connectivity index (χ1v) is 7.72. The van der Waals surface area contributed by atoms with Crippen LogP contribution in [-0.4, -0.2) is 31.8 Å². The van der Waals surface area contributed by atoms with E-state index in [0.29, 0.717) is 11.3 Å². The number of nitrogens with one attached hydrogen (secondary N) is 1. The van der Waals surface area contributed by atoms with Crippen LogP contribution < -0.4 is 5.32 Å². The van der Waals surface area contributed by atoms with Crippen molar-refractivity contribution in [2.75, 3.05) is 19.4 Å². The van der Waals surface area contributed by atoms with Gasteiger partial charge in [-0.15, -0.1) is 0 Å². The van der Waals surface area contributed by atoms with Crippen LogP contribution in [0.1, 0.15) is 5.56 Å². The van der Waals surface area contributed by atoms with Gasteiger partial charge in [0.1, 0.15) is 5.82 Å². The summed E-state index contributed by atoms with van der Waals surface area (Å²) in [6.07, 6.45) is 1.43. The van der Waals surface area contributed by atoms with Crippen molar-refractivity contribution in [2.45, 2.75) is 11.6 Å². The first-order chi connectivity index (χ1) is 9.95. The largest absolute Gasteiger partial charge is 0.386 e. The summed E-state index contributed by atoms with van der Waals surface area (Å²) in [4.78, 5) is 3.95. The summed E-state index contributed by atoms with van der Waals surface area (Å²) in [5.74, 6) is -0.355. The second-order valence-electron chi connectivity index (χ2n) is 4.49. The highest BCUT2D eigenvalue weighted by Gasteiger charge is 2.25.